The van der Waals surface area contributed by atoms with Crippen molar-refractivity contribution in [2.75, 3.05) is 26.4 Å². The summed E-state index contributed by atoms with van der Waals surface area (Å²) >= 11 is 0. The van der Waals surface area contributed by atoms with E-state index >= 15 is 0 Å². The van der Waals surface area contributed by atoms with Crippen molar-refractivity contribution >= 4 is 44.8 Å². The Labute approximate surface area is 275 Å². The summed E-state index contributed by atoms with van der Waals surface area (Å²) in [6.45, 7) is 2.76. The fraction of sp³-hybridized carbons (Fsp3) is 0.375. The van der Waals surface area contributed by atoms with Crippen molar-refractivity contribution in [2.24, 2.45) is 0 Å². The number of aromatic nitrogens is 2. The van der Waals surface area contributed by atoms with Gasteiger partial charge >= 0.3 is 28.0 Å². The maximum absolute atomic E-state index is 13.9. The molecule has 0 bridgehead atoms. The van der Waals surface area contributed by atoms with Gasteiger partial charge in [-0.2, -0.15) is 8.42 Å². The third kappa shape index (κ3) is 6.53. The van der Waals surface area contributed by atoms with E-state index < -0.39 is 51.6 Å². The van der Waals surface area contributed by atoms with Gasteiger partial charge in [0.05, 0.1) is 34.8 Å². The fourth-order valence-corrected chi connectivity index (χ4v) is 6.84. The number of aliphatic carboxylic acids is 1. The average molecular weight is 683 g/mol. The molecule has 0 spiro atoms. The number of carbonyl (C=O) groups is 4. The number of nitrogens with zero attached hydrogens (tertiary/aromatic N) is 3. The first kappa shape index (κ1) is 34.3. The monoisotopic (exact) mass is 682 g/mol. The first-order chi connectivity index (χ1) is 22.7. The van der Waals surface area contributed by atoms with Gasteiger partial charge in [-0.3, -0.25) is 14.4 Å². The number of fused-ring (bicyclic) bond motifs is 5. The number of rotatable bonds is 12. The fourth-order valence-electron chi connectivity index (χ4n) is 5.83. The molecule has 2 aliphatic heterocycles. The highest BCUT2D eigenvalue weighted by molar-refractivity contribution is 7.87. The Kier molecular flexibility index (Phi) is 9.42. The lowest BCUT2D eigenvalue weighted by Gasteiger charge is -2.35. The number of benzene rings is 1. The maximum Gasteiger partial charge on any atom is 0.355 e. The second-order valence-electron chi connectivity index (χ2n) is 11.6. The van der Waals surface area contributed by atoms with Gasteiger partial charge in [0.15, 0.2) is 0 Å². The number of pyridine rings is 2. The Morgan fingerprint density at radius 3 is 2.58 bits per heavy atom. The van der Waals surface area contributed by atoms with Gasteiger partial charge in [0, 0.05) is 40.8 Å². The molecule has 3 aromatic rings. The molecule has 15 nitrogen and oxygen atoms in total. The van der Waals surface area contributed by atoms with E-state index in [1.807, 2.05) is 25.1 Å². The third-order valence-corrected chi connectivity index (χ3v) is 9.29. The van der Waals surface area contributed by atoms with E-state index in [0.717, 1.165) is 6.08 Å². The van der Waals surface area contributed by atoms with Crippen molar-refractivity contribution in [3.05, 3.63) is 69.0 Å². The minimum absolute atomic E-state index is 0.101. The molecular formula is C32H34N4O11S. The molecule has 2 aliphatic rings. The van der Waals surface area contributed by atoms with Gasteiger partial charge in [-0.05, 0) is 51.2 Å². The summed E-state index contributed by atoms with van der Waals surface area (Å²) in [5, 5.41) is 11.5. The molecule has 2 N–H and O–H groups in total. The number of hydrogen-bond acceptors (Lipinski definition) is 12. The van der Waals surface area contributed by atoms with Crippen molar-refractivity contribution < 1.29 is 46.4 Å². The Bertz CT molecular complexity index is 2050. The first-order valence-electron chi connectivity index (χ1n) is 15.1. The summed E-state index contributed by atoms with van der Waals surface area (Å²) < 4.78 is 43.1. The van der Waals surface area contributed by atoms with Crippen LogP contribution in [0.15, 0.2) is 41.2 Å². The maximum atomic E-state index is 13.9. The van der Waals surface area contributed by atoms with Crippen LogP contribution in [-0.2, 0) is 64.1 Å². The molecule has 254 valence electrons. The zero-order chi connectivity index (χ0) is 35.0. The molecule has 0 aliphatic carbocycles. The number of amides is 1. The second-order valence-corrected chi connectivity index (χ2v) is 13.3. The summed E-state index contributed by atoms with van der Waals surface area (Å²) in [6, 6.07) is 6.62. The van der Waals surface area contributed by atoms with Crippen LogP contribution in [0.4, 0.5) is 0 Å². The largest absolute Gasteiger partial charge is 0.478 e. The Morgan fingerprint density at radius 2 is 1.92 bits per heavy atom. The molecule has 1 amide bonds. The van der Waals surface area contributed by atoms with Crippen LogP contribution in [0.1, 0.15) is 48.9 Å². The topological polar surface area (TPSA) is 200 Å². The van der Waals surface area contributed by atoms with Gasteiger partial charge in [0.2, 0.25) is 11.5 Å². The van der Waals surface area contributed by atoms with Crippen molar-refractivity contribution in [3.63, 3.8) is 0 Å². The van der Waals surface area contributed by atoms with Gasteiger partial charge < -0.3 is 33.5 Å². The molecule has 0 saturated heterocycles. The van der Waals surface area contributed by atoms with Crippen LogP contribution in [0.3, 0.4) is 0 Å². The highest BCUT2D eigenvalue weighted by Crippen LogP contribution is 2.41. The summed E-state index contributed by atoms with van der Waals surface area (Å²) in [4.78, 5) is 69.2. The van der Waals surface area contributed by atoms with E-state index in [9.17, 15) is 32.4 Å². The van der Waals surface area contributed by atoms with Gasteiger partial charge in [0.1, 0.15) is 18.9 Å². The number of cyclic esters (lactones) is 1. The number of hydrogen-bond donors (Lipinski definition) is 2. The van der Waals surface area contributed by atoms with Crippen molar-refractivity contribution in [1.82, 2.24) is 19.8 Å². The lowest BCUT2D eigenvalue weighted by atomic mass is 9.85. The number of carbonyl (C=O) groups excluding carboxylic acids is 3. The molecule has 16 heteroatoms. The molecular weight excluding hydrogens is 648 g/mol. The lowest BCUT2D eigenvalue weighted by molar-refractivity contribution is -0.189. The van der Waals surface area contributed by atoms with E-state index in [0.29, 0.717) is 52.5 Å². The number of nitrogens with one attached hydrogen (secondary N) is 1. The normalized spacial score (nSPS) is 16.7. The smallest absolute Gasteiger partial charge is 0.355 e. The quantitative estimate of drug-likeness (QED) is 0.124. The standard InChI is InChI=1S/C32H34N4O11S/c1-5-11-48(43,44)47-25-8-7-23-19(20(25)16-35(3)4)12-18-15-36-24(29(18)34-23)13-22-21(30(36)41)17-45-31(42)32(22,6-2)46-28(40)14-33-26(37)9-10-27(38)39/h7-10,12-13H,5-6,11,14-17H2,1-4H3,(H,33,37)(H,38,39)/b10-9-. The number of esters is 2. The van der Waals surface area contributed by atoms with Crippen LogP contribution >= 0.6 is 0 Å². The van der Waals surface area contributed by atoms with Crippen LogP contribution in [0, 0.1) is 0 Å². The Balaban J connectivity index is 1.57. The summed E-state index contributed by atoms with van der Waals surface area (Å²) in [5.74, 6) is -4.08. The van der Waals surface area contributed by atoms with Crippen LogP contribution in [0.2, 0.25) is 0 Å². The van der Waals surface area contributed by atoms with Crippen LogP contribution in [0.5, 0.6) is 5.75 Å². The Hall–Kier alpha value is -5.09. The number of carboxylic acids is 1. The number of ether oxygens (including phenoxy) is 2. The molecule has 0 radical (unpaired) electrons. The first-order valence-corrected chi connectivity index (χ1v) is 16.6. The zero-order valence-electron chi connectivity index (χ0n) is 26.7. The van der Waals surface area contributed by atoms with Crippen molar-refractivity contribution in [3.8, 4) is 17.1 Å². The van der Waals surface area contributed by atoms with E-state index in [1.54, 1.807) is 32.0 Å². The molecule has 2 aromatic heterocycles. The summed E-state index contributed by atoms with van der Waals surface area (Å²) in [7, 11) is -0.152. The van der Waals surface area contributed by atoms with Gasteiger partial charge in [0.25, 0.3) is 5.56 Å². The third-order valence-electron chi connectivity index (χ3n) is 7.95. The average Bonchev–Trinajstić information content (AvgIpc) is 3.38. The molecule has 1 unspecified atom stereocenters. The van der Waals surface area contributed by atoms with Crippen molar-refractivity contribution in [1.29, 1.82) is 0 Å². The van der Waals surface area contributed by atoms with Gasteiger partial charge in [-0.1, -0.05) is 13.8 Å². The van der Waals surface area contributed by atoms with E-state index in [4.69, 9.17) is 23.7 Å². The van der Waals surface area contributed by atoms with Crippen LogP contribution < -0.4 is 15.1 Å². The molecule has 0 saturated carbocycles. The lowest BCUT2D eigenvalue weighted by Crippen LogP contribution is -2.48. The number of carboxylic acid groups (broad SMARTS) is 1. The zero-order valence-corrected chi connectivity index (χ0v) is 27.5. The molecule has 1 atom stereocenters. The molecule has 4 heterocycles. The van der Waals surface area contributed by atoms with Crippen LogP contribution in [-0.4, -0.2) is 78.2 Å². The summed E-state index contributed by atoms with van der Waals surface area (Å²) in [5.41, 5.74) is 0.404. The Morgan fingerprint density at radius 1 is 1.17 bits per heavy atom. The predicted octanol–water partition coefficient (Wildman–Crippen LogP) is 1.57. The highest BCUT2D eigenvalue weighted by atomic mass is 32.2. The van der Waals surface area contributed by atoms with E-state index in [2.05, 4.69) is 5.32 Å². The summed E-state index contributed by atoms with van der Waals surface area (Å²) in [6.07, 6.45) is 1.61. The predicted molar refractivity (Wildman–Crippen MR) is 170 cm³/mol. The molecule has 0 fully saturated rings. The SMILES string of the molecule is CCCS(=O)(=O)Oc1ccc2nc3c(cc2c1CN(C)C)Cn1c-3cc2c(c1=O)COC(=O)C2(CC)OC(=O)CNC(=O)/C=C\C(=O)O. The minimum Gasteiger partial charge on any atom is -0.478 e. The second kappa shape index (κ2) is 13.2. The molecule has 1 aromatic carbocycles. The highest BCUT2D eigenvalue weighted by Gasteiger charge is 2.50. The van der Waals surface area contributed by atoms with E-state index in [1.165, 1.54) is 4.57 Å². The van der Waals surface area contributed by atoms with Gasteiger partial charge in [-0.15, -0.1) is 0 Å². The van der Waals surface area contributed by atoms with Crippen LogP contribution in [0.25, 0.3) is 22.3 Å². The minimum atomic E-state index is -3.83. The van der Waals surface area contributed by atoms with Crippen molar-refractivity contribution in [2.45, 2.75) is 52.0 Å². The molecule has 48 heavy (non-hydrogen) atoms. The molecule has 5 rings (SSSR count). The van der Waals surface area contributed by atoms with Gasteiger partial charge in [-0.25, -0.2) is 14.6 Å². The van der Waals surface area contributed by atoms with E-state index in [-0.39, 0.29) is 42.2 Å².